The van der Waals surface area contributed by atoms with Gasteiger partial charge in [-0.2, -0.15) is 0 Å². The monoisotopic (exact) mass is 288 g/mol. The van der Waals surface area contributed by atoms with Gasteiger partial charge in [-0.25, -0.2) is 0 Å². The van der Waals surface area contributed by atoms with Crippen LogP contribution >= 0.6 is 0 Å². The number of likely N-dealkylation sites (tertiary alicyclic amines) is 1. The van der Waals surface area contributed by atoms with Crippen molar-refractivity contribution in [2.45, 2.75) is 26.2 Å². The summed E-state index contributed by atoms with van der Waals surface area (Å²) in [5.41, 5.74) is 1.87. The lowest BCUT2D eigenvalue weighted by molar-refractivity contribution is 0.0890. The fourth-order valence-corrected chi connectivity index (χ4v) is 3.75. The number of hydrogen-bond donors (Lipinski definition) is 1. The van der Waals surface area contributed by atoms with Gasteiger partial charge in [0.1, 0.15) is 5.75 Å². The molecule has 2 heterocycles. The molecule has 0 unspecified atom stereocenters. The summed E-state index contributed by atoms with van der Waals surface area (Å²) in [6, 6.07) is 8.48. The molecule has 0 saturated carbocycles. The molecular formula is C18H28N2O. The molecule has 1 atom stereocenters. The van der Waals surface area contributed by atoms with Crippen molar-refractivity contribution in [2.24, 2.45) is 11.3 Å². The summed E-state index contributed by atoms with van der Waals surface area (Å²) in [4.78, 5) is 2.64. The Morgan fingerprint density at radius 2 is 2.05 bits per heavy atom. The van der Waals surface area contributed by atoms with E-state index in [0.29, 0.717) is 11.3 Å². The minimum absolute atomic E-state index is 0.487. The second-order valence-corrected chi connectivity index (χ2v) is 7.13. The molecule has 1 aromatic rings. The predicted octanol–water partition coefficient (Wildman–Crippen LogP) is 2.56. The van der Waals surface area contributed by atoms with Gasteiger partial charge in [0, 0.05) is 19.0 Å². The Bertz CT molecular complexity index is 466. The SMILES string of the molecule is CNCC1(C)CCN(C[C@H]2COc3ccccc3C2)CC1. The van der Waals surface area contributed by atoms with Gasteiger partial charge in [-0.15, -0.1) is 0 Å². The van der Waals surface area contributed by atoms with Gasteiger partial charge in [-0.05, 0) is 56.4 Å². The molecule has 21 heavy (non-hydrogen) atoms. The van der Waals surface area contributed by atoms with E-state index in [9.17, 15) is 0 Å². The van der Waals surface area contributed by atoms with Gasteiger partial charge in [0.25, 0.3) is 0 Å². The molecule has 0 spiro atoms. The number of benzene rings is 1. The highest BCUT2D eigenvalue weighted by Gasteiger charge is 2.31. The van der Waals surface area contributed by atoms with Gasteiger partial charge in [-0.3, -0.25) is 0 Å². The topological polar surface area (TPSA) is 24.5 Å². The second-order valence-electron chi connectivity index (χ2n) is 7.13. The smallest absolute Gasteiger partial charge is 0.122 e. The average molecular weight is 288 g/mol. The summed E-state index contributed by atoms with van der Waals surface area (Å²) in [5.74, 6) is 1.74. The molecule has 0 bridgehead atoms. The molecule has 3 heteroatoms. The van der Waals surface area contributed by atoms with E-state index in [1.807, 2.05) is 0 Å². The molecular weight excluding hydrogens is 260 g/mol. The lowest BCUT2D eigenvalue weighted by Gasteiger charge is -2.41. The first kappa shape index (κ1) is 14.9. The zero-order chi connectivity index (χ0) is 14.7. The predicted molar refractivity (Wildman–Crippen MR) is 86.8 cm³/mol. The number of nitrogens with one attached hydrogen (secondary N) is 1. The largest absolute Gasteiger partial charge is 0.493 e. The molecule has 1 aromatic carbocycles. The summed E-state index contributed by atoms with van der Waals surface area (Å²) in [5, 5.41) is 3.35. The molecule has 3 nitrogen and oxygen atoms in total. The van der Waals surface area contributed by atoms with Crippen LogP contribution in [0.2, 0.25) is 0 Å². The number of rotatable bonds is 4. The van der Waals surface area contributed by atoms with E-state index < -0.39 is 0 Å². The zero-order valence-corrected chi connectivity index (χ0v) is 13.4. The minimum Gasteiger partial charge on any atom is -0.493 e. The van der Waals surface area contributed by atoms with Crippen molar-refractivity contribution in [1.82, 2.24) is 10.2 Å². The molecule has 2 aliphatic heterocycles. The van der Waals surface area contributed by atoms with Gasteiger partial charge >= 0.3 is 0 Å². The first-order valence-electron chi connectivity index (χ1n) is 8.26. The zero-order valence-electron chi connectivity index (χ0n) is 13.4. The van der Waals surface area contributed by atoms with Crippen molar-refractivity contribution in [3.8, 4) is 5.75 Å². The van der Waals surface area contributed by atoms with Gasteiger partial charge < -0.3 is 15.0 Å². The van der Waals surface area contributed by atoms with E-state index in [2.05, 4.69) is 48.5 Å². The maximum absolute atomic E-state index is 5.92. The van der Waals surface area contributed by atoms with Crippen molar-refractivity contribution in [1.29, 1.82) is 0 Å². The molecule has 0 aromatic heterocycles. The molecule has 0 aliphatic carbocycles. The van der Waals surface area contributed by atoms with Crippen molar-refractivity contribution < 1.29 is 4.74 Å². The van der Waals surface area contributed by atoms with Gasteiger partial charge in [0.05, 0.1) is 6.61 Å². The lowest BCUT2D eigenvalue weighted by Crippen LogP contribution is -2.45. The van der Waals surface area contributed by atoms with E-state index in [-0.39, 0.29) is 0 Å². The van der Waals surface area contributed by atoms with Crippen LogP contribution in [0.25, 0.3) is 0 Å². The first-order chi connectivity index (χ1) is 10.2. The van der Waals surface area contributed by atoms with Crippen LogP contribution < -0.4 is 10.1 Å². The Kier molecular flexibility index (Phi) is 4.51. The van der Waals surface area contributed by atoms with E-state index >= 15 is 0 Å². The Morgan fingerprint density at radius 3 is 2.81 bits per heavy atom. The third kappa shape index (κ3) is 3.58. The summed E-state index contributed by atoms with van der Waals surface area (Å²) in [7, 11) is 2.06. The normalized spacial score (nSPS) is 25.1. The average Bonchev–Trinajstić information content (AvgIpc) is 2.50. The van der Waals surface area contributed by atoms with Crippen LogP contribution in [0.15, 0.2) is 24.3 Å². The molecule has 1 fully saturated rings. The summed E-state index contributed by atoms with van der Waals surface area (Å²) >= 11 is 0. The van der Waals surface area contributed by atoms with E-state index in [1.54, 1.807) is 0 Å². The number of piperidine rings is 1. The van der Waals surface area contributed by atoms with Gasteiger partial charge in [0.2, 0.25) is 0 Å². The van der Waals surface area contributed by atoms with Crippen LogP contribution in [0.3, 0.4) is 0 Å². The summed E-state index contributed by atoms with van der Waals surface area (Å²) in [6.45, 7) is 8.08. The second kappa shape index (κ2) is 6.37. The Labute approximate surface area is 128 Å². The number of fused-ring (bicyclic) bond motifs is 1. The first-order valence-corrected chi connectivity index (χ1v) is 8.26. The number of nitrogens with zero attached hydrogens (tertiary/aromatic N) is 1. The Morgan fingerprint density at radius 1 is 1.29 bits per heavy atom. The molecule has 0 amide bonds. The standard InChI is InChI=1S/C18H28N2O/c1-18(14-19-2)7-9-20(10-8-18)12-15-11-16-5-3-4-6-17(16)21-13-15/h3-6,15,19H,7-14H2,1-2H3/t15-/m0/s1. The van der Waals surface area contributed by atoms with Crippen LogP contribution in [0.5, 0.6) is 5.75 Å². The van der Waals surface area contributed by atoms with E-state index in [0.717, 1.165) is 18.9 Å². The van der Waals surface area contributed by atoms with Crippen LogP contribution in [-0.2, 0) is 6.42 Å². The van der Waals surface area contributed by atoms with Crippen LogP contribution in [0.1, 0.15) is 25.3 Å². The highest BCUT2D eigenvalue weighted by molar-refractivity contribution is 5.35. The third-order valence-electron chi connectivity index (χ3n) is 5.14. The molecule has 116 valence electrons. The van der Waals surface area contributed by atoms with E-state index in [4.69, 9.17) is 4.74 Å². The Hall–Kier alpha value is -1.06. The fourth-order valence-electron chi connectivity index (χ4n) is 3.75. The van der Waals surface area contributed by atoms with Crippen molar-refractivity contribution >= 4 is 0 Å². The van der Waals surface area contributed by atoms with Crippen molar-refractivity contribution in [3.63, 3.8) is 0 Å². The Balaban J connectivity index is 1.51. The molecule has 3 rings (SSSR count). The maximum atomic E-state index is 5.92. The highest BCUT2D eigenvalue weighted by Crippen LogP contribution is 2.32. The lowest BCUT2D eigenvalue weighted by atomic mass is 9.80. The summed E-state index contributed by atoms with van der Waals surface area (Å²) in [6.07, 6.45) is 3.77. The van der Waals surface area contributed by atoms with E-state index in [1.165, 1.54) is 44.5 Å². The minimum atomic E-state index is 0.487. The van der Waals surface area contributed by atoms with Crippen LogP contribution in [0.4, 0.5) is 0 Å². The molecule has 1 saturated heterocycles. The van der Waals surface area contributed by atoms with Gasteiger partial charge in [-0.1, -0.05) is 25.1 Å². The quantitative estimate of drug-likeness (QED) is 0.921. The fraction of sp³-hybridized carbons (Fsp3) is 0.667. The highest BCUT2D eigenvalue weighted by atomic mass is 16.5. The third-order valence-corrected chi connectivity index (χ3v) is 5.14. The summed E-state index contributed by atoms with van der Waals surface area (Å²) < 4.78 is 5.92. The van der Waals surface area contributed by atoms with Crippen molar-refractivity contribution in [2.75, 3.05) is 39.8 Å². The van der Waals surface area contributed by atoms with Crippen molar-refractivity contribution in [3.05, 3.63) is 29.8 Å². The molecule has 1 N–H and O–H groups in total. The number of ether oxygens (including phenoxy) is 1. The number of hydrogen-bond acceptors (Lipinski definition) is 3. The number of para-hydroxylation sites is 1. The maximum Gasteiger partial charge on any atom is 0.122 e. The molecule has 2 aliphatic rings. The van der Waals surface area contributed by atoms with Crippen LogP contribution in [-0.4, -0.2) is 44.7 Å². The van der Waals surface area contributed by atoms with Gasteiger partial charge in [0.15, 0.2) is 0 Å². The molecule has 0 radical (unpaired) electrons. The van der Waals surface area contributed by atoms with Crippen LogP contribution in [0, 0.1) is 11.3 Å².